The van der Waals surface area contributed by atoms with Crippen molar-refractivity contribution in [2.45, 2.75) is 6.10 Å². The van der Waals surface area contributed by atoms with Crippen molar-refractivity contribution in [2.24, 2.45) is 0 Å². The molecule has 4 nitrogen and oxygen atoms in total. The number of aliphatic hydroxyl groups is 2. The lowest BCUT2D eigenvalue weighted by Crippen LogP contribution is -2.25. The monoisotopic (exact) mass is 211 g/mol. The Morgan fingerprint density at radius 3 is 2.53 bits per heavy atom. The highest BCUT2D eigenvalue weighted by Crippen LogP contribution is 2.19. The van der Waals surface area contributed by atoms with Crippen LogP contribution in [0.25, 0.3) is 0 Å². The number of hydrogen-bond acceptors (Lipinski definition) is 4. The van der Waals surface area contributed by atoms with Gasteiger partial charge in [-0.3, -0.25) is 0 Å². The predicted molar refractivity (Wildman–Crippen MR) is 49.7 cm³/mol. The number of hydrogen-bond donors (Lipinski definition) is 2. The van der Waals surface area contributed by atoms with Gasteiger partial charge in [0.1, 0.15) is 6.10 Å². The Morgan fingerprint density at radius 2 is 2.07 bits per heavy atom. The molecule has 2 N–H and O–H groups in total. The van der Waals surface area contributed by atoms with E-state index in [2.05, 4.69) is 0 Å². The maximum absolute atomic E-state index is 13.2. The summed E-state index contributed by atoms with van der Waals surface area (Å²) in [5.41, 5.74) is 0.185. The van der Waals surface area contributed by atoms with Crippen LogP contribution in [0.5, 0.6) is 5.75 Å². The van der Waals surface area contributed by atoms with Gasteiger partial charge >= 0.3 is 0 Å². The molecule has 0 saturated heterocycles. The van der Waals surface area contributed by atoms with Crippen LogP contribution in [0.1, 0.15) is 5.56 Å². The molecule has 0 spiro atoms. The summed E-state index contributed by atoms with van der Waals surface area (Å²) in [6.07, 6.45) is -0.854. The highest BCUT2D eigenvalue weighted by Gasteiger charge is 2.11. The second-order valence-corrected chi connectivity index (χ2v) is 2.86. The number of nitriles is 1. The van der Waals surface area contributed by atoms with Crippen molar-refractivity contribution in [3.63, 3.8) is 0 Å². The SMILES string of the molecule is N#Cc1ccc(OC(CO)CO)c(F)c1. The summed E-state index contributed by atoms with van der Waals surface area (Å²) in [5, 5.41) is 25.9. The molecule has 0 heterocycles. The van der Waals surface area contributed by atoms with Crippen LogP contribution in [0.2, 0.25) is 0 Å². The van der Waals surface area contributed by atoms with Crippen LogP contribution in [0.3, 0.4) is 0 Å². The maximum atomic E-state index is 13.2. The lowest BCUT2D eigenvalue weighted by Gasteiger charge is -2.14. The lowest BCUT2D eigenvalue weighted by atomic mass is 10.2. The van der Waals surface area contributed by atoms with E-state index in [1.807, 2.05) is 0 Å². The fourth-order valence-electron chi connectivity index (χ4n) is 0.978. The van der Waals surface area contributed by atoms with Gasteiger partial charge in [0, 0.05) is 0 Å². The molecule has 0 atom stereocenters. The van der Waals surface area contributed by atoms with E-state index in [4.69, 9.17) is 20.2 Å². The minimum Gasteiger partial charge on any atom is -0.483 e. The van der Waals surface area contributed by atoms with E-state index >= 15 is 0 Å². The lowest BCUT2D eigenvalue weighted by molar-refractivity contribution is 0.0601. The highest BCUT2D eigenvalue weighted by atomic mass is 19.1. The van der Waals surface area contributed by atoms with Crippen LogP contribution < -0.4 is 4.74 Å². The Kier molecular flexibility index (Phi) is 4.03. The number of benzene rings is 1. The van der Waals surface area contributed by atoms with Gasteiger partial charge < -0.3 is 14.9 Å². The Balaban J connectivity index is 2.83. The second kappa shape index (κ2) is 5.29. The molecule has 0 bridgehead atoms. The third-order valence-corrected chi connectivity index (χ3v) is 1.76. The predicted octanol–water partition coefficient (Wildman–Crippen LogP) is 0.429. The molecule has 0 aromatic heterocycles. The Labute approximate surface area is 86.2 Å². The molecule has 0 aliphatic rings. The Morgan fingerprint density at radius 1 is 1.40 bits per heavy atom. The molecule has 15 heavy (non-hydrogen) atoms. The third-order valence-electron chi connectivity index (χ3n) is 1.76. The van der Waals surface area contributed by atoms with E-state index in [9.17, 15) is 4.39 Å². The van der Waals surface area contributed by atoms with E-state index in [1.165, 1.54) is 12.1 Å². The smallest absolute Gasteiger partial charge is 0.166 e. The largest absolute Gasteiger partial charge is 0.483 e. The zero-order valence-electron chi connectivity index (χ0n) is 7.85. The second-order valence-electron chi connectivity index (χ2n) is 2.86. The molecule has 0 unspecified atom stereocenters. The minimum atomic E-state index is -0.854. The molecule has 0 fully saturated rings. The van der Waals surface area contributed by atoms with Gasteiger partial charge in [0.15, 0.2) is 11.6 Å². The van der Waals surface area contributed by atoms with Crippen LogP contribution in [0, 0.1) is 17.1 Å². The van der Waals surface area contributed by atoms with Crippen molar-refractivity contribution < 1.29 is 19.3 Å². The molecule has 1 rings (SSSR count). The first-order chi connectivity index (χ1) is 7.21. The van der Waals surface area contributed by atoms with Gasteiger partial charge in [-0.05, 0) is 18.2 Å². The van der Waals surface area contributed by atoms with Gasteiger partial charge in [-0.15, -0.1) is 0 Å². The topological polar surface area (TPSA) is 73.5 Å². The van der Waals surface area contributed by atoms with Gasteiger partial charge in [-0.2, -0.15) is 5.26 Å². The van der Waals surface area contributed by atoms with E-state index in [1.54, 1.807) is 6.07 Å². The fraction of sp³-hybridized carbons (Fsp3) is 0.300. The first kappa shape index (κ1) is 11.4. The van der Waals surface area contributed by atoms with Crippen LogP contribution in [0.4, 0.5) is 4.39 Å². The van der Waals surface area contributed by atoms with Crippen LogP contribution in [-0.2, 0) is 0 Å². The molecule has 0 saturated carbocycles. The van der Waals surface area contributed by atoms with E-state index < -0.39 is 25.1 Å². The zero-order chi connectivity index (χ0) is 11.3. The minimum absolute atomic E-state index is 0.0953. The molecule has 0 radical (unpaired) electrons. The normalized spacial score (nSPS) is 10.1. The number of ether oxygens (including phenoxy) is 1. The van der Waals surface area contributed by atoms with E-state index in [0.29, 0.717) is 0 Å². The number of nitrogens with zero attached hydrogens (tertiary/aromatic N) is 1. The van der Waals surface area contributed by atoms with Gasteiger partial charge in [0.05, 0.1) is 24.8 Å². The molecule has 1 aromatic rings. The third kappa shape index (κ3) is 2.91. The van der Waals surface area contributed by atoms with Crippen molar-refractivity contribution in [3.8, 4) is 11.8 Å². The van der Waals surface area contributed by atoms with Crippen molar-refractivity contribution in [3.05, 3.63) is 29.6 Å². The zero-order valence-corrected chi connectivity index (χ0v) is 7.85. The van der Waals surface area contributed by atoms with Crippen LogP contribution in [-0.4, -0.2) is 29.5 Å². The number of aliphatic hydroxyl groups excluding tert-OH is 2. The molecular formula is C10H10FNO3. The summed E-state index contributed by atoms with van der Waals surface area (Å²) in [6, 6.07) is 5.49. The molecule has 1 aromatic carbocycles. The van der Waals surface area contributed by atoms with Crippen LogP contribution >= 0.6 is 0 Å². The molecule has 0 aliphatic carbocycles. The average molecular weight is 211 g/mol. The maximum Gasteiger partial charge on any atom is 0.166 e. The fourth-order valence-corrected chi connectivity index (χ4v) is 0.978. The van der Waals surface area contributed by atoms with E-state index in [0.717, 1.165) is 6.07 Å². The van der Waals surface area contributed by atoms with Gasteiger partial charge in [0.2, 0.25) is 0 Å². The summed E-state index contributed by atoms with van der Waals surface area (Å²) >= 11 is 0. The van der Waals surface area contributed by atoms with Crippen LogP contribution in [0.15, 0.2) is 18.2 Å². The molecule has 5 heteroatoms. The average Bonchev–Trinajstić information content (AvgIpc) is 2.27. The summed E-state index contributed by atoms with van der Waals surface area (Å²) in [5.74, 6) is -0.789. The summed E-state index contributed by atoms with van der Waals surface area (Å²) < 4.78 is 18.2. The number of rotatable bonds is 4. The Hall–Kier alpha value is -1.64. The molecule has 0 aliphatic heterocycles. The van der Waals surface area contributed by atoms with Gasteiger partial charge in [-0.1, -0.05) is 0 Å². The first-order valence-electron chi connectivity index (χ1n) is 4.29. The van der Waals surface area contributed by atoms with Crippen molar-refractivity contribution in [1.82, 2.24) is 0 Å². The Bertz CT molecular complexity index is 371. The summed E-state index contributed by atoms with van der Waals surface area (Å²) in [6.45, 7) is -0.814. The van der Waals surface area contributed by atoms with Crippen molar-refractivity contribution in [1.29, 1.82) is 5.26 Å². The summed E-state index contributed by atoms with van der Waals surface area (Å²) in [4.78, 5) is 0. The van der Waals surface area contributed by atoms with E-state index in [-0.39, 0.29) is 11.3 Å². The standard InChI is InChI=1S/C10H10FNO3/c11-9-3-7(4-12)1-2-10(9)15-8(5-13)6-14/h1-3,8,13-14H,5-6H2. The van der Waals surface area contributed by atoms with Crippen molar-refractivity contribution >= 4 is 0 Å². The van der Waals surface area contributed by atoms with Gasteiger partial charge in [0.25, 0.3) is 0 Å². The highest BCUT2D eigenvalue weighted by molar-refractivity contribution is 5.36. The molecular weight excluding hydrogens is 201 g/mol. The molecule has 0 amide bonds. The first-order valence-corrected chi connectivity index (χ1v) is 4.29. The quantitative estimate of drug-likeness (QED) is 0.757. The number of halogens is 1. The molecule has 80 valence electrons. The van der Waals surface area contributed by atoms with Crippen molar-refractivity contribution in [2.75, 3.05) is 13.2 Å². The van der Waals surface area contributed by atoms with Gasteiger partial charge in [-0.25, -0.2) is 4.39 Å². The summed E-state index contributed by atoms with van der Waals surface area (Å²) in [7, 11) is 0.